The molecule has 3 N–H and O–H groups in total. The number of hydrogen-bond acceptors (Lipinski definition) is 3. The lowest BCUT2D eigenvalue weighted by atomic mass is 10.1. The molecule has 2 rings (SSSR count). The molecule has 2 aromatic rings. The Kier molecular flexibility index (Phi) is 4.02. The van der Waals surface area contributed by atoms with Crippen molar-refractivity contribution in [1.29, 1.82) is 0 Å². The molecule has 5 heteroatoms. The van der Waals surface area contributed by atoms with Crippen LogP contribution in [-0.4, -0.2) is 10.9 Å². The number of nitrogens with zero attached hydrogens (tertiary/aromatic N) is 1. The Morgan fingerprint density at radius 2 is 2.05 bits per heavy atom. The highest BCUT2D eigenvalue weighted by molar-refractivity contribution is 6.33. The van der Waals surface area contributed by atoms with E-state index in [9.17, 15) is 4.79 Å². The van der Waals surface area contributed by atoms with Gasteiger partial charge in [-0.1, -0.05) is 41.4 Å². The molecule has 0 aliphatic heterocycles. The minimum absolute atomic E-state index is 0.264. The van der Waals surface area contributed by atoms with Gasteiger partial charge in [-0.2, -0.15) is 0 Å². The summed E-state index contributed by atoms with van der Waals surface area (Å²) in [6.07, 6.45) is 1.37. The summed E-state index contributed by atoms with van der Waals surface area (Å²) < 4.78 is 0. The van der Waals surface area contributed by atoms with Crippen LogP contribution in [0.15, 0.2) is 36.5 Å². The van der Waals surface area contributed by atoms with Crippen molar-refractivity contribution < 1.29 is 4.79 Å². The van der Waals surface area contributed by atoms with Gasteiger partial charge in [-0.25, -0.2) is 4.98 Å². The predicted octanol–water partition coefficient (Wildman–Crippen LogP) is 2.56. The van der Waals surface area contributed by atoms with Gasteiger partial charge >= 0.3 is 0 Å². The number of halogens is 1. The van der Waals surface area contributed by atoms with E-state index in [1.54, 1.807) is 0 Å². The van der Waals surface area contributed by atoms with Crippen LogP contribution in [0, 0.1) is 6.92 Å². The molecular formula is C14H14ClN3O. The van der Waals surface area contributed by atoms with Gasteiger partial charge in [0.05, 0.1) is 10.6 Å². The zero-order chi connectivity index (χ0) is 13.8. The van der Waals surface area contributed by atoms with Gasteiger partial charge in [0.15, 0.2) is 0 Å². The second-order valence-corrected chi connectivity index (χ2v) is 4.66. The molecule has 0 saturated carbocycles. The third-order valence-corrected chi connectivity index (χ3v) is 3.00. The van der Waals surface area contributed by atoms with Crippen LogP contribution >= 0.6 is 11.6 Å². The van der Waals surface area contributed by atoms with E-state index < -0.39 is 0 Å². The predicted molar refractivity (Wildman–Crippen MR) is 76.0 cm³/mol. The lowest BCUT2D eigenvalue weighted by Gasteiger charge is -2.07. The molecule has 1 aromatic carbocycles. The van der Waals surface area contributed by atoms with Crippen molar-refractivity contribution in [3.05, 3.63) is 58.2 Å². The van der Waals surface area contributed by atoms with Crippen LogP contribution in [0.1, 0.15) is 21.5 Å². The lowest BCUT2D eigenvalue weighted by Crippen LogP contribution is -2.23. The van der Waals surface area contributed by atoms with Crippen molar-refractivity contribution in [2.45, 2.75) is 13.5 Å². The van der Waals surface area contributed by atoms with Crippen molar-refractivity contribution in [1.82, 2.24) is 10.3 Å². The van der Waals surface area contributed by atoms with Crippen LogP contribution in [-0.2, 0) is 6.54 Å². The fourth-order valence-corrected chi connectivity index (χ4v) is 1.80. The van der Waals surface area contributed by atoms with Gasteiger partial charge in [0.25, 0.3) is 5.91 Å². The molecule has 98 valence electrons. The SMILES string of the molecule is Cc1ccc(CNC(=O)c2cc(N)ncc2Cl)cc1. The Hall–Kier alpha value is -2.07. The van der Waals surface area contributed by atoms with Crippen LogP contribution < -0.4 is 11.1 Å². The Balaban J connectivity index is 2.05. The fraction of sp³-hybridized carbons (Fsp3) is 0.143. The average molecular weight is 276 g/mol. The maximum absolute atomic E-state index is 12.0. The van der Waals surface area contributed by atoms with E-state index in [2.05, 4.69) is 10.3 Å². The highest BCUT2D eigenvalue weighted by Gasteiger charge is 2.10. The summed E-state index contributed by atoms with van der Waals surface area (Å²) in [5.74, 6) is 0.00422. The summed E-state index contributed by atoms with van der Waals surface area (Å²) >= 11 is 5.91. The van der Waals surface area contributed by atoms with Gasteiger partial charge in [0, 0.05) is 12.7 Å². The smallest absolute Gasteiger partial charge is 0.253 e. The molecule has 1 amide bonds. The number of nitrogens with two attached hydrogens (primary N) is 1. The molecule has 0 aliphatic carbocycles. The van der Waals surface area contributed by atoms with Crippen LogP contribution in [0.3, 0.4) is 0 Å². The van der Waals surface area contributed by atoms with E-state index >= 15 is 0 Å². The Labute approximate surface area is 116 Å². The number of benzene rings is 1. The zero-order valence-electron chi connectivity index (χ0n) is 10.5. The number of nitrogen functional groups attached to an aromatic ring is 1. The molecule has 0 radical (unpaired) electrons. The standard InChI is InChI=1S/C14H14ClN3O/c1-9-2-4-10(5-3-9)7-18-14(19)11-6-13(16)17-8-12(11)15/h2-6,8H,7H2,1H3,(H2,16,17)(H,18,19). The van der Waals surface area contributed by atoms with Gasteiger partial charge in [-0.05, 0) is 18.6 Å². The van der Waals surface area contributed by atoms with E-state index in [0.29, 0.717) is 12.1 Å². The number of carbonyl (C=O) groups is 1. The molecule has 0 aliphatic rings. The Bertz CT molecular complexity index is 596. The molecule has 4 nitrogen and oxygen atoms in total. The number of rotatable bonds is 3. The number of carbonyl (C=O) groups excluding carboxylic acids is 1. The number of nitrogens with one attached hydrogen (secondary N) is 1. The molecule has 0 bridgehead atoms. The quantitative estimate of drug-likeness (QED) is 0.904. The molecule has 0 saturated heterocycles. The van der Waals surface area contributed by atoms with Crippen molar-refractivity contribution in [2.75, 3.05) is 5.73 Å². The van der Waals surface area contributed by atoms with Crippen molar-refractivity contribution in [3.63, 3.8) is 0 Å². The first-order valence-corrected chi connectivity index (χ1v) is 6.19. The maximum atomic E-state index is 12.0. The number of anilines is 1. The summed E-state index contributed by atoms with van der Waals surface area (Å²) in [5.41, 5.74) is 8.08. The van der Waals surface area contributed by atoms with E-state index in [-0.39, 0.29) is 16.7 Å². The average Bonchev–Trinajstić information content (AvgIpc) is 2.40. The fourth-order valence-electron chi connectivity index (χ4n) is 1.61. The number of aromatic nitrogens is 1. The van der Waals surface area contributed by atoms with Gasteiger partial charge < -0.3 is 11.1 Å². The highest BCUT2D eigenvalue weighted by Crippen LogP contribution is 2.16. The molecule has 0 unspecified atom stereocenters. The van der Waals surface area contributed by atoms with Crippen LogP contribution in [0.2, 0.25) is 5.02 Å². The topological polar surface area (TPSA) is 68.0 Å². The summed E-state index contributed by atoms with van der Waals surface area (Å²) in [6, 6.07) is 9.40. The summed E-state index contributed by atoms with van der Waals surface area (Å²) in [7, 11) is 0. The zero-order valence-corrected chi connectivity index (χ0v) is 11.2. The van der Waals surface area contributed by atoms with Crippen molar-refractivity contribution in [2.24, 2.45) is 0 Å². The monoisotopic (exact) mass is 275 g/mol. The molecular weight excluding hydrogens is 262 g/mol. The number of amides is 1. The van der Waals surface area contributed by atoms with Crippen molar-refractivity contribution >= 4 is 23.3 Å². The van der Waals surface area contributed by atoms with E-state index in [1.807, 2.05) is 31.2 Å². The third kappa shape index (κ3) is 3.45. The minimum Gasteiger partial charge on any atom is -0.384 e. The largest absolute Gasteiger partial charge is 0.384 e. The van der Waals surface area contributed by atoms with Gasteiger partial charge in [-0.15, -0.1) is 0 Å². The second kappa shape index (κ2) is 5.71. The summed E-state index contributed by atoms with van der Waals surface area (Å²) in [5, 5.41) is 3.08. The number of aryl methyl sites for hydroxylation is 1. The number of hydrogen-bond donors (Lipinski definition) is 2. The first-order chi connectivity index (χ1) is 9.06. The van der Waals surface area contributed by atoms with Gasteiger partial charge in [-0.3, -0.25) is 4.79 Å². The van der Waals surface area contributed by atoms with Crippen LogP contribution in [0.4, 0.5) is 5.82 Å². The maximum Gasteiger partial charge on any atom is 0.253 e. The van der Waals surface area contributed by atoms with Crippen molar-refractivity contribution in [3.8, 4) is 0 Å². The second-order valence-electron chi connectivity index (χ2n) is 4.26. The first kappa shape index (κ1) is 13.4. The van der Waals surface area contributed by atoms with Gasteiger partial charge in [0.1, 0.15) is 5.82 Å². The Morgan fingerprint density at radius 1 is 1.37 bits per heavy atom. The molecule has 19 heavy (non-hydrogen) atoms. The highest BCUT2D eigenvalue weighted by atomic mass is 35.5. The number of pyridine rings is 1. The molecule has 0 atom stereocenters. The molecule has 1 aromatic heterocycles. The molecule has 1 heterocycles. The lowest BCUT2D eigenvalue weighted by molar-refractivity contribution is 0.0951. The first-order valence-electron chi connectivity index (χ1n) is 5.81. The van der Waals surface area contributed by atoms with E-state index in [1.165, 1.54) is 17.8 Å². The normalized spacial score (nSPS) is 10.2. The van der Waals surface area contributed by atoms with Crippen LogP contribution in [0.5, 0.6) is 0 Å². The molecule has 0 fully saturated rings. The summed E-state index contributed by atoms with van der Waals surface area (Å²) in [6.45, 7) is 2.46. The minimum atomic E-state index is -0.264. The van der Waals surface area contributed by atoms with Gasteiger partial charge in [0.2, 0.25) is 0 Å². The van der Waals surface area contributed by atoms with Crippen LogP contribution in [0.25, 0.3) is 0 Å². The van der Waals surface area contributed by atoms with E-state index in [4.69, 9.17) is 17.3 Å². The third-order valence-electron chi connectivity index (χ3n) is 2.69. The summed E-state index contributed by atoms with van der Waals surface area (Å²) in [4.78, 5) is 15.8. The Morgan fingerprint density at radius 3 is 2.74 bits per heavy atom. The van der Waals surface area contributed by atoms with E-state index in [0.717, 1.165) is 5.56 Å². The molecule has 0 spiro atoms.